The highest BCUT2D eigenvalue weighted by Gasteiger charge is 2.42. The van der Waals surface area contributed by atoms with Crippen molar-refractivity contribution in [3.05, 3.63) is 143 Å². The molecule has 5 aromatic rings. The minimum absolute atomic E-state index is 0.246. The minimum atomic E-state index is -0.756. The fourth-order valence-electron chi connectivity index (χ4n) is 5.98. The zero-order chi connectivity index (χ0) is 31.4. The number of ketones is 1. The van der Waals surface area contributed by atoms with Crippen LogP contribution >= 0.6 is 0 Å². The predicted molar refractivity (Wildman–Crippen MR) is 175 cm³/mol. The Morgan fingerprint density at radius 2 is 1.18 bits per heavy atom. The van der Waals surface area contributed by atoms with E-state index in [2.05, 4.69) is 5.32 Å². The summed E-state index contributed by atoms with van der Waals surface area (Å²) in [6, 6.07) is 29.8. The molecule has 220 valence electrons. The molecule has 0 unspecified atom stereocenters. The van der Waals surface area contributed by atoms with E-state index in [1.54, 1.807) is 11.6 Å². The number of hydrogen-bond acceptors (Lipinski definition) is 7. The number of hydrogen-bond donors (Lipinski definition) is 6. The van der Waals surface area contributed by atoms with Crippen LogP contribution in [-0.4, -0.2) is 48.7 Å². The van der Waals surface area contributed by atoms with Crippen molar-refractivity contribution in [3.8, 4) is 11.5 Å². The monoisotopic (exact) mass is 595 g/mol. The summed E-state index contributed by atoms with van der Waals surface area (Å²) in [6.07, 6.45) is 2.79. The van der Waals surface area contributed by atoms with Crippen LogP contribution in [0, 0.1) is 0 Å². The lowest BCUT2D eigenvalue weighted by Crippen LogP contribution is -2.26. The highest BCUT2D eigenvalue weighted by molar-refractivity contribution is 6.40. The Morgan fingerprint density at radius 3 is 1.82 bits per heavy atom. The summed E-state index contributed by atoms with van der Waals surface area (Å²) in [7, 11) is 1.79. The molecular weight excluding hydrogens is 568 g/mol. The molecule has 8 heteroatoms. The maximum absolute atomic E-state index is 13.4. The lowest BCUT2D eigenvalue weighted by atomic mass is 9.78. The number of allylic oxidation sites excluding steroid dienone is 4. The fourth-order valence-corrected chi connectivity index (χ4v) is 5.98. The van der Waals surface area contributed by atoms with Crippen molar-refractivity contribution in [2.24, 2.45) is 0 Å². The van der Waals surface area contributed by atoms with E-state index in [1.165, 1.54) is 24.3 Å². The van der Waals surface area contributed by atoms with Crippen molar-refractivity contribution in [3.63, 3.8) is 0 Å². The first-order chi connectivity index (χ1) is 21.7. The highest BCUT2D eigenvalue weighted by Crippen LogP contribution is 2.48. The molecule has 0 atom stereocenters. The Labute approximate surface area is 257 Å². The summed E-state index contributed by atoms with van der Waals surface area (Å²) < 4.78 is 1.80. The number of Topliss-reactive ketones (excluding diaryl/α,β-unsaturated/α-hetero) is 1. The van der Waals surface area contributed by atoms with Crippen molar-refractivity contribution < 1.29 is 34.9 Å². The molecule has 0 saturated carbocycles. The van der Waals surface area contributed by atoms with Gasteiger partial charge in [-0.15, -0.1) is 0 Å². The van der Waals surface area contributed by atoms with Gasteiger partial charge in [0.2, 0.25) is 17.2 Å². The molecule has 0 saturated heterocycles. The third-order valence-electron chi connectivity index (χ3n) is 8.19. The molecule has 2 aliphatic rings. The Kier molecular flexibility index (Phi) is 6.41. The van der Waals surface area contributed by atoms with E-state index in [1.807, 2.05) is 84.9 Å². The molecule has 6 N–H and O–H groups in total. The van der Waals surface area contributed by atoms with E-state index in [-0.39, 0.29) is 22.3 Å². The number of fused-ring (bicyclic) bond motifs is 2. The topological polar surface area (TPSA) is 133 Å². The van der Waals surface area contributed by atoms with Crippen LogP contribution in [0.3, 0.4) is 0 Å². The third-order valence-corrected chi connectivity index (χ3v) is 8.19. The molecule has 7 rings (SSSR count). The summed E-state index contributed by atoms with van der Waals surface area (Å²) in [4.78, 5) is 13.4. The van der Waals surface area contributed by atoms with E-state index in [0.29, 0.717) is 11.4 Å². The van der Waals surface area contributed by atoms with Crippen molar-refractivity contribution >= 4 is 55.7 Å². The van der Waals surface area contributed by atoms with Gasteiger partial charge in [-0.05, 0) is 22.9 Å². The molecule has 0 bridgehead atoms. The van der Waals surface area contributed by atoms with Crippen molar-refractivity contribution in [2.75, 3.05) is 12.4 Å². The summed E-state index contributed by atoms with van der Waals surface area (Å²) >= 11 is 0. The molecule has 0 radical (unpaired) electrons. The molecule has 0 heterocycles. The zero-order valence-electron chi connectivity index (χ0n) is 24.0. The number of phenolic OH excluding ortho intramolecular Hbond substituents is 2. The van der Waals surface area contributed by atoms with Gasteiger partial charge in [-0.25, -0.2) is 0 Å². The number of benzene rings is 5. The Morgan fingerprint density at radius 1 is 0.622 bits per heavy atom. The van der Waals surface area contributed by atoms with Gasteiger partial charge in [0.1, 0.15) is 35.8 Å². The first-order valence-electron chi connectivity index (χ1n) is 14.2. The average Bonchev–Trinajstić information content (AvgIpc) is 3.03. The number of aromatic hydroxyl groups is 2. The van der Waals surface area contributed by atoms with Gasteiger partial charge >= 0.3 is 0 Å². The van der Waals surface area contributed by atoms with Gasteiger partial charge in [0.15, 0.2) is 0 Å². The molecule has 0 spiro atoms. The molecule has 5 aromatic carbocycles. The lowest BCUT2D eigenvalue weighted by molar-refractivity contribution is -0.401. The molecule has 0 amide bonds. The first-order valence-corrected chi connectivity index (χ1v) is 14.2. The highest BCUT2D eigenvalue weighted by atomic mass is 16.3. The molecule has 2 aliphatic carbocycles. The molecule has 0 aliphatic heterocycles. The first kappa shape index (κ1) is 27.5. The van der Waals surface area contributed by atoms with Crippen molar-refractivity contribution in [2.45, 2.75) is 0 Å². The number of aliphatic hydroxyl groups is 3. The maximum atomic E-state index is 13.4. The SMILES string of the molecule is C[N+](=C1C=C(O)C(=C2C(=O)C(c3c(O)cc(Nc4cccc5ccccc45)cc3O)=C2O)C(O)=C1)c1cccc2ccccc12. The number of carbonyl (C=O) groups excluding carboxylic acids is 1. The van der Waals surface area contributed by atoms with Crippen LogP contribution in [0.25, 0.3) is 27.1 Å². The van der Waals surface area contributed by atoms with E-state index < -0.39 is 34.6 Å². The van der Waals surface area contributed by atoms with E-state index in [4.69, 9.17) is 0 Å². The quantitative estimate of drug-likeness (QED) is 0.0931. The van der Waals surface area contributed by atoms with Crippen LogP contribution in [0.4, 0.5) is 17.1 Å². The van der Waals surface area contributed by atoms with Crippen LogP contribution in [-0.2, 0) is 4.79 Å². The maximum Gasteiger partial charge on any atom is 0.213 e. The summed E-state index contributed by atoms with van der Waals surface area (Å²) in [6.45, 7) is 0. The van der Waals surface area contributed by atoms with E-state index >= 15 is 0 Å². The Balaban J connectivity index is 1.24. The number of nitrogens with one attached hydrogen (secondary N) is 1. The third kappa shape index (κ3) is 4.47. The average molecular weight is 596 g/mol. The second-order valence-corrected chi connectivity index (χ2v) is 10.9. The van der Waals surface area contributed by atoms with Gasteiger partial charge in [0.25, 0.3) is 0 Å². The number of aliphatic hydroxyl groups excluding tert-OH is 3. The van der Waals surface area contributed by atoms with Gasteiger partial charge in [-0.1, -0.05) is 66.7 Å². The van der Waals surface area contributed by atoms with Crippen LogP contribution < -0.4 is 5.32 Å². The minimum Gasteiger partial charge on any atom is -0.507 e. The van der Waals surface area contributed by atoms with Crippen molar-refractivity contribution in [1.29, 1.82) is 0 Å². The van der Waals surface area contributed by atoms with Crippen LogP contribution in [0.5, 0.6) is 11.5 Å². The number of phenols is 2. The zero-order valence-corrected chi connectivity index (χ0v) is 24.0. The van der Waals surface area contributed by atoms with Crippen LogP contribution in [0.1, 0.15) is 5.56 Å². The van der Waals surface area contributed by atoms with Crippen LogP contribution in [0.2, 0.25) is 0 Å². The fraction of sp³-hybridized carbons (Fsp3) is 0.0270. The van der Waals surface area contributed by atoms with Crippen molar-refractivity contribution in [1.82, 2.24) is 0 Å². The number of nitrogens with zero attached hydrogens (tertiary/aromatic N) is 1. The number of carbonyl (C=O) groups is 1. The van der Waals surface area contributed by atoms with Gasteiger partial charge in [-0.2, -0.15) is 4.58 Å². The smallest absolute Gasteiger partial charge is 0.213 e. The lowest BCUT2D eigenvalue weighted by Gasteiger charge is -2.26. The molecule has 0 aromatic heterocycles. The predicted octanol–water partition coefficient (Wildman–Crippen LogP) is 7.61. The van der Waals surface area contributed by atoms with Gasteiger partial charge in [-0.3, -0.25) is 4.79 Å². The second-order valence-electron chi connectivity index (χ2n) is 10.9. The van der Waals surface area contributed by atoms with Gasteiger partial charge in [0.05, 0.1) is 39.8 Å². The Bertz CT molecular complexity index is 2210. The van der Waals surface area contributed by atoms with E-state index in [9.17, 15) is 30.3 Å². The summed E-state index contributed by atoms with van der Waals surface area (Å²) in [5, 5.41) is 61.8. The van der Waals surface area contributed by atoms with Crippen LogP contribution in [0.15, 0.2) is 138 Å². The summed E-state index contributed by atoms with van der Waals surface area (Å²) in [5.41, 5.74) is 1.25. The second kappa shape index (κ2) is 10.5. The molecule has 8 nitrogen and oxygen atoms in total. The molecular formula is C37H27N2O6+. The van der Waals surface area contributed by atoms with E-state index in [0.717, 1.165) is 32.9 Å². The standard InChI is InChI=1S/C37H26N2O6/c1-39(27-15-7-11-21-9-3-5-13-25(21)27)23-18-30(42)33(31(43)19-23)35-36(44)34(37(35)45)32-28(40)16-22(17-29(32)41)38-26-14-6-10-20-8-2-4-12-24(20)26/h2-19H,1H3,(H5,38,40,41,42,43,44,45)/p+1. The summed E-state index contributed by atoms with van der Waals surface area (Å²) in [5.74, 6) is -3.04. The number of rotatable bonds is 4. The Hall–Kier alpha value is -6.28. The normalized spacial score (nSPS) is 14.9. The van der Waals surface area contributed by atoms with Gasteiger partial charge in [0, 0.05) is 35.0 Å². The molecule has 0 fully saturated rings. The van der Waals surface area contributed by atoms with Gasteiger partial charge < -0.3 is 30.8 Å². The largest absolute Gasteiger partial charge is 0.507 e. The molecule has 45 heavy (non-hydrogen) atoms. The number of anilines is 2.